The number of aromatic nitrogens is 5. The predicted molar refractivity (Wildman–Crippen MR) is 145 cm³/mol. The van der Waals surface area contributed by atoms with Crippen molar-refractivity contribution in [3.05, 3.63) is 67.3 Å². The fourth-order valence-corrected chi connectivity index (χ4v) is 4.28. The van der Waals surface area contributed by atoms with Crippen LogP contribution in [0.4, 0.5) is 17.6 Å². The lowest BCUT2D eigenvalue weighted by Crippen LogP contribution is -2.41. The maximum absolute atomic E-state index is 11.3. The van der Waals surface area contributed by atoms with Crippen LogP contribution in [0.1, 0.15) is 26.7 Å². The Morgan fingerprint density at radius 3 is 2.90 bits per heavy atom. The lowest BCUT2D eigenvalue weighted by molar-refractivity contribution is -0.131. The highest BCUT2D eigenvalue weighted by atomic mass is 16.5. The van der Waals surface area contributed by atoms with Crippen LogP contribution in [0, 0.1) is 0 Å². The third-order valence-corrected chi connectivity index (χ3v) is 5.93. The highest BCUT2D eigenvalue weighted by Gasteiger charge is 2.24. The summed E-state index contributed by atoms with van der Waals surface area (Å²) in [5.74, 6) is 2.83. The van der Waals surface area contributed by atoms with E-state index < -0.39 is 0 Å². The topological polar surface area (TPSA) is 124 Å². The van der Waals surface area contributed by atoms with E-state index in [2.05, 4.69) is 30.2 Å². The molecule has 39 heavy (non-hydrogen) atoms. The molecule has 1 aromatic carbocycles. The molecule has 0 spiro atoms. The Bertz CT molecular complexity index is 1430. The van der Waals surface area contributed by atoms with Crippen LogP contribution >= 0.6 is 0 Å². The Morgan fingerprint density at radius 2 is 2.03 bits per heavy atom. The van der Waals surface area contributed by atoms with E-state index >= 15 is 0 Å². The monoisotopic (exact) mass is 527 g/mol. The van der Waals surface area contributed by atoms with Gasteiger partial charge in [0.05, 0.1) is 31.2 Å². The van der Waals surface area contributed by atoms with Gasteiger partial charge in [-0.05, 0) is 50.1 Å². The number of rotatable bonds is 9. The molecule has 0 radical (unpaired) electrons. The van der Waals surface area contributed by atoms with Crippen molar-refractivity contribution in [3.8, 4) is 28.6 Å². The van der Waals surface area contributed by atoms with Crippen molar-refractivity contribution in [3.63, 3.8) is 0 Å². The summed E-state index contributed by atoms with van der Waals surface area (Å²) in [5, 5.41) is 3.15. The second kappa shape index (κ2) is 12.2. The zero-order chi connectivity index (χ0) is 27.0. The molecule has 1 fully saturated rings. The van der Waals surface area contributed by atoms with Gasteiger partial charge in [-0.15, -0.1) is 0 Å². The summed E-state index contributed by atoms with van der Waals surface area (Å²) in [7, 11) is 0. The molecule has 1 N–H and O–H groups in total. The maximum Gasteiger partial charge on any atom is 0.308 e. The van der Waals surface area contributed by atoms with E-state index in [9.17, 15) is 4.79 Å². The number of pyridine rings is 1. The van der Waals surface area contributed by atoms with Gasteiger partial charge in [-0.2, -0.15) is 0 Å². The number of carbonyl (C=O) groups excluding carboxylic acids is 1. The van der Waals surface area contributed by atoms with E-state index in [0.717, 1.165) is 30.8 Å². The van der Waals surface area contributed by atoms with Gasteiger partial charge < -0.3 is 24.4 Å². The minimum absolute atomic E-state index is 0.0611. The minimum atomic E-state index is -0.380. The van der Waals surface area contributed by atoms with E-state index in [1.165, 1.54) is 6.92 Å². The van der Waals surface area contributed by atoms with Crippen LogP contribution in [0.2, 0.25) is 0 Å². The number of piperidine rings is 1. The van der Waals surface area contributed by atoms with Crippen LogP contribution in [0.5, 0.6) is 17.4 Å². The van der Waals surface area contributed by atoms with E-state index in [-0.39, 0.29) is 12.1 Å². The van der Waals surface area contributed by atoms with Crippen molar-refractivity contribution in [1.82, 2.24) is 24.9 Å². The molecule has 200 valence electrons. The molecule has 1 aliphatic rings. The first kappa shape index (κ1) is 25.8. The lowest BCUT2D eigenvalue weighted by atomic mass is 10.1. The number of benzene rings is 1. The van der Waals surface area contributed by atoms with Gasteiger partial charge in [-0.3, -0.25) is 9.78 Å². The number of esters is 1. The van der Waals surface area contributed by atoms with Crippen LogP contribution in [-0.2, 0) is 4.79 Å². The van der Waals surface area contributed by atoms with E-state index in [1.54, 1.807) is 49.1 Å². The second-order valence-electron chi connectivity index (χ2n) is 8.84. The quantitative estimate of drug-likeness (QED) is 0.245. The zero-order valence-corrected chi connectivity index (χ0v) is 21.8. The molecule has 1 aliphatic heterocycles. The normalized spacial score (nSPS) is 14.9. The van der Waals surface area contributed by atoms with Crippen molar-refractivity contribution in [2.24, 2.45) is 0 Å². The van der Waals surface area contributed by atoms with Gasteiger partial charge in [0.25, 0.3) is 5.88 Å². The molecule has 4 heterocycles. The number of nitrogens with zero attached hydrogens (tertiary/aromatic N) is 6. The maximum atomic E-state index is 11.3. The standard InChI is InChI=1S/C28H29N7O4/c1-3-37-24-10-5-12-30-27(24)39-22-9-6-14-35(18-22)26-17-29-16-25(33-26)34-28-31-13-11-23(32-28)20-7-4-8-21(15-20)38-19(2)36/h4-5,7-8,10-13,15-17,22H,3,6,9,14,18H2,1-2H3,(H,31,32,33,34)/t22-/m1/s1. The number of hydrogen-bond donors (Lipinski definition) is 1. The van der Waals surface area contributed by atoms with Crippen molar-refractivity contribution in [1.29, 1.82) is 0 Å². The van der Waals surface area contributed by atoms with Gasteiger partial charge in [0, 0.05) is 31.4 Å². The van der Waals surface area contributed by atoms with Crippen molar-refractivity contribution >= 4 is 23.6 Å². The molecule has 4 aromatic rings. The highest BCUT2D eigenvalue weighted by molar-refractivity contribution is 5.71. The van der Waals surface area contributed by atoms with Gasteiger partial charge in [0.2, 0.25) is 5.95 Å². The van der Waals surface area contributed by atoms with Crippen molar-refractivity contribution in [2.45, 2.75) is 32.8 Å². The summed E-state index contributed by atoms with van der Waals surface area (Å²) in [6.45, 7) is 5.32. The van der Waals surface area contributed by atoms with Crippen LogP contribution in [0.25, 0.3) is 11.3 Å². The van der Waals surface area contributed by atoms with E-state index in [4.69, 9.17) is 19.2 Å². The molecule has 0 aliphatic carbocycles. The number of anilines is 3. The molecular weight excluding hydrogens is 498 g/mol. The summed E-state index contributed by atoms with van der Waals surface area (Å²) in [6, 6.07) is 12.6. The predicted octanol–water partition coefficient (Wildman–Crippen LogP) is 4.44. The number of hydrogen-bond acceptors (Lipinski definition) is 11. The largest absolute Gasteiger partial charge is 0.488 e. The fraction of sp³-hybridized carbons (Fsp3) is 0.286. The molecule has 1 saturated heterocycles. The average Bonchev–Trinajstić information content (AvgIpc) is 2.95. The summed E-state index contributed by atoms with van der Waals surface area (Å²) in [6.07, 6.45) is 8.50. The summed E-state index contributed by atoms with van der Waals surface area (Å²) in [4.78, 5) is 35.9. The van der Waals surface area contributed by atoms with Crippen LogP contribution < -0.4 is 24.4 Å². The van der Waals surface area contributed by atoms with E-state index in [1.807, 2.05) is 25.1 Å². The van der Waals surface area contributed by atoms with Gasteiger partial charge in [-0.1, -0.05) is 12.1 Å². The Kier molecular flexibility index (Phi) is 8.06. The van der Waals surface area contributed by atoms with Crippen LogP contribution in [0.3, 0.4) is 0 Å². The molecule has 1 atom stereocenters. The first-order chi connectivity index (χ1) is 19.1. The van der Waals surface area contributed by atoms with Crippen LogP contribution in [-0.4, -0.2) is 56.7 Å². The molecule has 11 heteroatoms. The van der Waals surface area contributed by atoms with Gasteiger partial charge in [0.15, 0.2) is 11.6 Å². The third-order valence-electron chi connectivity index (χ3n) is 5.93. The zero-order valence-electron chi connectivity index (χ0n) is 21.8. The van der Waals surface area contributed by atoms with Gasteiger partial charge >= 0.3 is 5.97 Å². The van der Waals surface area contributed by atoms with Crippen LogP contribution in [0.15, 0.2) is 67.3 Å². The molecular formula is C28H29N7O4. The summed E-state index contributed by atoms with van der Waals surface area (Å²) < 4.78 is 17.1. The number of nitrogens with one attached hydrogen (secondary N) is 1. The molecule has 11 nitrogen and oxygen atoms in total. The smallest absolute Gasteiger partial charge is 0.308 e. The average molecular weight is 528 g/mol. The molecule has 0 amide bonds. The number of ether oxygens (including phenoxy) is 3. The lowest BCUT2D eigenvalue weighted by Gasteiger charge is -2.33. The first-order valence-electron chi connectivity index (χ1n) is 12.8. The molecule has 0 bridgehead atoms. The van der Waals surface area contributed by atoms with Crippen molar-refractivity contribution in [2.75, 3.05) is 29.9 Å². The van der Waals surface area contributed by atoms with Crippen molar-refractivity contribution < 1.29 is 19.0 Å². The third kappa shape index (κ3) is 6.75. The molecule has 3 aromatic heterocycles. The Morgan fingerprint density at radius 1 is 1.10 bits per heavy atom. The highest BCUT2D eigenvalue weighted by Crippen LogP contribution is 2.28. The molecule has 0 saturated carbocycles. The van der Waals surface area contributed by atoms with Gasteiger partial charge in [0.1, 0.15) is 17.7 Å². The summed E-state index contributed by atoms with van der Waals surface area (Å²) in [5.41, 5.74) is 1.46. The first-order valence-corrected chi connectivity index (χ1v) is 12.8. The molecule has 0 unspecified atom stereocenters. The van der Waals surface area contributed by atoms with E-state index in [0.29, 0.717) is 48.0 Å². The number of carbonyl (C=O) groups is 1. The summed E-state index contributed by atoms with van der Waals surface area (Å²) >= 11 is 0. The van der Waals surface area contributed by atoms with Gasteiger partial charge in [-0.25, -0.2) is 19.9 Å². The second-order valence-corrected chi connectivity index (χ2v) is 8.84. The fourth-order valence-electron chi connectivity index (χ4n) is 4.28. The SMILES string of the molecule is CCOc1cccnc1O[C@@H]1CCCN(c2cncc(Nc3nccc(-c4cccc(OC(C)=O)c4)n3)n2)C1. The minimum Gasteiger partial charge on any atom is -0.488 e. The Hall–Kier alpha value is -4.80. The Balaban J connectivity index is 1.27. The molecule has 5 rings (SSSR count). The Labute approximate surface area is 226 Å².